The van der Waals surface area contributed by atoms with E-state index in [0.717, 1.165) is 22.5 Å². The minimum atomic E-state index is -1.02. The van der Waals surface area contributed by atoms with E-state index in [1.165, 1.54) is 19.2 Å². The Bertz CT molecular complexity index is 1170. The fourth-order valence-electron chi connectivity index (χ4n) is 3.03. The van der Waals surface area contributed by atoms with Gasteiger partial charge in [0.2, 0.25) is 0 Å². The minimum Gasteiger partial charge on any atom is -0.449 e. The van der Waals surface area contributed by atoms with Crippen LogP contribution in [0.4, 0.5) is 5.69 Å². The van der Waals surface area contributed by atoms with Crippen molar-refractivity contribution in [1.29, 1.82) is 0 Å². The van der Waals surface area contributed by atoms with Gasteiger partial charge in [-0.2, -0.15) is 5.10 Å². The second-order valence-corrected chi connectivity index (χ2v) is 7.84. The van der Waals surface area contributed by atoms with E-state index in [4.69, 9.17) is 27.9 Å². The maximum absolute atomic E-state index is 12.3. The summed E-state index contributed by atoms with van der Waals surface area (Å²) in [5.41, 5.74) is 3.73. The number of nitrogens with zero attached hydrogens (tertiary/aromatic N) is 3. The number of anilines is 1. The lowest BCUT2D eigenvalue weighted by Crippen LogP contribution is -2.29. The third kappa shape index (κ3) is 5.75. The molecule has 2 aromatic heterocycles. The molecule has 1 N–H and O–H groups in total. The number of aromatic nitrogens is 3. The highest BCUT2D eigenvalue weighted by Crippen LogP contribution is 2.21. The predicted octanol–water partition coefficient (Wildman–Crippen LogP) is 4.83. The number of rotatable bonds is 7. The van der Waals surface area contributed by atoms with Gasteiger partial charge < -0.3 is 10.1 Å². The van der Waals surface area contributed by atoms with E-state index < -0.39 is 18.0 Å². The summed E-state index contributed by atoms with van der Waals surface area (Å²) in [5, 5.41) is 7.94. The van der Waals surface area contributed by atoms with Crippen molar-refractivity contribution in [2.45, 2.75) is 33.4 Å². The molecule has 0 radical (unpaired) electrons. The number of pyridine rings is 1. The van der Waals surface area contributed by atoms with Crippen LogP contribution in [-0.2, 0) is 20.9 Å². The largest absolute Gasteiger partial charge is 0.449 e. The Kier molecular flexibility index (Phi) is 7.66. The summed E-state index contributed by atoms with van der Waals surface area (Å²) in [6.45, 7) is 5.76. The standard InChI is InChI=1S/C23H22Cl2N4O3/c1-14-18(15(2)29(28-14)13-17-7-4-5-8-19(17)24)10-11-21(30)32-16(3)23(31)27-20-9-6-12-26-22(20)25/h4-12,16H,13H2,1-3H3,(H,27,31)/b11-10+. The molecule has 9 heteroatoms. The van der Waals surface area contributed by atoms with Gasteiger partial charge in [0.1, 0.15) is 0 Å². The van der Waals surface area contributed by atoms with Gasteiger partial charge in [-0.15, -0.1) is 0 Å². The van der Waals surface area contributed by atoms with Gasteiger partial charge in [-0.3, -0.25) is 9.48 Å². The van der Waals surface area contributed by atoms with Crippen LogP contribution in [0, 0.1) is 13.8 Å². The number of carbonyl (C=O) groups is 2. The number of aryl methyl sites for hydroxylation is 1. The molecule has 1 amide bonds. The van der Waals surface area contributed by atoms with Gasteiger partial charge in [0, 0.05) is 28.6 Å². The Morgan fingerprint density at radius 1 is 1.19 bits per heavy atom. The highest BCUT2D eigenvalue weighted by molar-refractivity contribution is 6.32. The van der Waals surface area contributed by atoms with Gasteiger partial charge in [-0.25, -0.2) is 9.78 Å². The van der Waals surface area contributed by atoms with Crippen molar-refractivity contribution in [3.05, 3.63) is 81.4 Å². The zero-order valence-corrected chi connectivity index (χ0v) is 19.3. The number of carbonyl (C=O) groups excluding carboxylic acids is 2. The highest BCUT2D eigenvalue weighted by Gasteiger charge is 2.18. The van der Waals surface area contributed by atoms with Crippen molar-refractivity contribution in [1.82, 2.24) is 14.8 Å². The average molecular weight is 473 g/mol. The molecule has 1 aromatic carbocycles. The van der Waals surface area contributed by atoms with Crippen LogP contribution < -0.4 is 5.32 Å². The molecule has 0 fully saturated rings. The van der Waals surface area contributed by atoms with Crippen LogP contribution in [0.5, 0.6) is 0 Å². The van der Waals surface area contributed by atoms with Gasteiger partial charge >= 0.3 is 5.97 Å². The second-order valence-electron chi connectivity index (χ2n) is 7.08. The number of amides is 1. The fourth-order valence-corrected chi connectivity index (χ4v) is 3.39. The molecule has 1 unspecified atom stereocenters. The molecule has 0 saturated heterocycles. The number of nitrogens with one attached hydrogen (secondary N) is 1. The lowest BCUT2D eigenvalue weighted by Gasteiger charge is -2.12. The highest BCUT2D eigenvalue weighted by atomic mass is 35.5. The monoisotopic (exact) mass is 472 g/mol. The number of benzene rings is 1. The summed E-state index contributed by atoms with van der Waals surface area (Å²) in [5.74, 6) is -1.16. The lowest BCUT2D eigenvalue weighted by atomic mass is 10.1. The van der Waals surface area contributed by atoms with Crippen LogP contribution in [0.25, 0.3) is 6.08 Å². The number of ether oxygens (including phenoxy) is 1. The van der Waals surface area contributed by atoms with Gasteiger partial charge in [0.05, 0.1) is 17.9 Å². The van der Waals surface area contributed by atoms with E-state index in [2.05, 4.69) is 15.4 Å². The van der Waals surface area contributed by atoms with Gasteiger partial charge in [0.25, 0.3) is 5.91 Å². The molecule has 0 aliphatic carbocycles. The maximum atomic E-state index is 12.3. The molecule has 0 spiro atoms. The molecule has 2 heterocycles. The Hall–Kier alpha value is -3.16. The molecule has 0 bridgehead atoms. The summed E-state index contributed by atoms with van der Waals surface area (Å²) < 4.78 is 7.03. The second kappa shape index (κ2) is 10.4. The average Bonchev–Trinajstić information content (AvgIpc) is 3.02. The van der Waals surface area contributed by atoms with Crippen molar-refractivity contribution in [3.63, 3.8) is 0 Å². The molecule has 0 saturated carbocycles. The molecule has 1 atom stereocenters. The van der Waals surface area contributed by atoms with Crippen LogP contribution in [-0.4, -0.2) is 32.7 Å². The van der Waals surface area contributed by atoms with Crippen LogP contribution in [0.2, 0.25) is 10.2 Å². The third-order valence-electron chi connectivity index (χ3n) is 4.78. The van der Waals surface area contributed by atoms with Gasteiger partial charge in [-0.05, 0) is 50.6 Å². The summed E-state index contributed by atoms with van der Waals surface area (Å²) in [6, 6.07) is 10.8. The van der Waals surface area contributed by atoms with E-state index >= 15 is 0 Å². The van der Waals surface area contributed by atoms with Crippen molar-refractivity contribution in [3.8, 4) is 0 Å². The van der Waals surface area contributed by atoms with Crippen LogP contribution in [0.1, 0.15) is 29.4 Å². The molecule has 3 aromatic rings. The SMILES string of the molecule is Cc1nn(Cc2ccccc2Cl)c(C)c1/C=C/C(=O)OC(C)C(=O)Nc1cccnc1Cl. The normalized spacial score (nSPS) is 12.0. The van der Waals surface area contributed by atoms with Crippen LogP contribution >= 0.6 is 23.2 Å². The molecule has 0 aliphatic heterocycles. The number of esters is 1. The van der Waals surface area contributed by atoms with Crippen LogP contribution in [0.15, 0.2) is 48.7 Å². The zero-order valence-electron chi connectivity index (χ0n) is 17.8. The first-order chi connectivity index (χ1) is 15.3. The minimum absolute atomic E-state index is 0.152. The summed E-state index contributed by atoms with van der Waals surface area (Å²) in [4.78, 5) is 28.4. The first-order valence-electron chi connectivity index (χ1n) is 9.83. The van der Waals surface area contributed by atoms with Crippen molar-refractivity contribution >= 4 is 46.8 Å². The Morgan fingerprint density at radius 2 is 1.94 bits per heavy atom. The number of hydrogen-bond acceptors (Lipinski definition) is 5. The van der Waals surface area contributed by atoms with E-state index in [9.17, 15) is 9.59 Å². The first kappa shape index (κ1) is 23.5. The van der Waals surface area contributed by atoms with E-state index in [1.54, 1.807) is 18.2 Å². The fraction of sp³-hybridized carbons (Fsp3) is 0.217. The van der Waals surface area contributed by atoms with Gasteiger partial charge in [0.15, 0.2) is 11.3 Å². The Morgan fingerprint density at radius 3 is 2.66 bits per heavy atom. The van der Waals surface area contributed by atoms with Crippen molar-refractivity contribution in [2.24, 2.45) is 0 Å². The molecule has 32 heavy (non-hydrogen) atoms. The molecule has 7 nitrogen and oxygen atoms in total. The molecule has 0 aliphatic rings. The number of halogens is 2. The maximum Gasteiger partial charge on any atom is 0.331 e. The molecular formula is C23H22Cl2N4O3. The lowest BCUT2D eigenvalue weighted by molar-refractivity contribution is -0.148. The molecular weight excluding hydrogens is 451 g/mol. The van der Waals surface area contributed by atoms with Crippen molar-refractivity contribution < 1.29 is 14.3 Å². The zero-order chi connectivity index (χ0) is 23.3. The molecule has 166 valence electrons. The first-order valence-corrected chi connectivity index (χ1v) is 10.6. The summed E-state index contributed by atoms with van der Waals surface area (Å²) in [6.07, 6.45) is 3.39. The summed E-state index contributed by atoms with van der Waals surface area (Å²) >= 11 is 12.2. The van der Waals surface area contributed by atoms with E-state index in [0.29, 0.717) is 17.3 Å². The topological polar surface area (TPSA) is 86.1 Å². The number of hydrogen-bond donors (Lipinski definition) is 1. The Labute approximate surface area is 196 Å². The Balaban J connectivity index is 1.64. The predicted molar refractivity (Wildman–Crippen MR) is 125 cm³/mol. The van der Waals surface area contributed by atoms with Crippen LogP contribution in [0.3, 0.4) is 0 Å². The quantitative estimate of drug-likeness (QED) is 0.302. The molecule has 3 rings (SSSR count). The van der Waals surface area contributed by atoms with Crippen molar-refractivity contribution in [2.75, 3.05) is 5.32 Å². The third-order valence-corrected chi connectivity index (χ3v) is 5.45. The smallest absolute Gasteiger partial charge is 0.331 e. The van der Waals surface area contributed by atoms with Gasteiger partial charge in [-0.1, -0.05) is 41.4 Å². The van der Waals surface area contributed by atoms with E-state index in [1.807, 2.05) is 42.8 Å². The summed E-state index contributed by atoms with van der Waals surface area (Å²) in [7, 11) is 0. The van der Waals surface area contributed by atoms with E-state index in [-0.39, 0.29) is 5.15 Å².